The van der Waals surface area contributed by atoms with Gasteiger partial charge in [-0.1, -0.05) is 0 Å². The van der Waals surface area contributed by atoms with Crippen LogP contribution in [-0.2, 0) is 10.1 Å². The number of carbonyl (C=O) groups excluding carboxylic acids is 1. The van der Waals surface area contributed by atoms with Gasteiger partial charge in [0.15, 0.2) is 0 Å². The van der Waals surface area contributed by atoms with Crippen LogP contribution in [0.3, 0.4) is 0 Å². The van der Waals surface area contributed by atoms with Crippen LogP contribution in [0.5, 0.6) is 0 Å². The number of nitro benzene ring substituents is 1. The largest absolute Gasteiger partial charge is 1.00 e. The zero-order valence-electron chi connectivity index (χ0n) is 11.9. The number of benzene rings is 1. The zero-order chi connectivity index (χ0) is 15.5. The monoisotopic (exact) mass is 324 g/mol. The minimum atomic E-state index is -4.99. The van der Waals surface area contributed by atoms with Gasteiger partial charge >= 0.3 is 29.6 Å². The van der Waals surface area contributed by atoms with Gasteiger partial charge in [0.2, 0.25) is 0 Å². The normalized spacial score (nSPS) is 10.6. The molecule has 0 aliphatic heterocycles. The summed E-state index contributed by atoms with van der Waals surface area (Å²) in [5.74, 6) is -0.653. The second-order valence-corrected chi connectivity index (χ2v) is 5.22. The molecular weight excluding hydrogens is 311 g/mol. The Hall–Kier alpha value is -1.000. The summed E-state index contributed by atoms with van der Waals surface area (Å²) in [5, 5.41) is 10.6. The Morgan fingerprint density at radius 2 is 1.81 bits per heavy atom. The Kier molecular flexibility index (Phi) is 7.48. The van der Waals surface area contributed by atoms with Crippen LogP contribution in [0.25, 0.3) is 0 Å². The standard InChI is InChI=1S/C11H14N2O6S.Na/c1-3-12(4-2)11(14)9-6-5-8(13(15)16)7-10(9)20(17,18)19;/h5-7H,3-4H2,1-2H3,(H,17,18,19);/q;+1/p-1. The van der Waals surface area contributed by atoms with Crippen molar-refractivity contribution in [2.45, 2.75) is 18.7 Å². The molecule has 0 unspecified atom stereocenters. The summed E-state index contributed by atoms with van der Waals surface area (Å²) in [6.07, 6.45) is 0. The van der Waals surface area contributed by atoms with E-state index in [9.17, 15) is 27.9 Å². The van der Waals surface area contributed by atoms with Crippen molar-refractivity contribution in [3.05, 3.63) is 33.9 Å². The third kappa shape index (κ3) is 4.75. The third-order valence-electron chi connectivity index (χ3n) is 2.73. The molecule has 0 radical (unpaired) electrons. The van der Waals surface area contributed by atoms with Crippen LogP contribution >= 0.6 is 0 Å². The van der Waals surface area contributed by atoms with Gasteiger partial charge in [-0.3, -0.25) is 14.9 Å². The van der Waals surface area contributed by atoms with Crippen LogP contribution in [0.2, 0.25) is 0 Å². The number of hydrogen-bond donors (Lipinski definition) is 0. The van der Waals surface area contributed by atoms with Gasteiger partial charge < -0.3 is 9.45 Å². The van der Waals surface area contributed by atoms with E-state index in [1.165, 1.54) is 4.90 Å². The molecule has 1 aromatic rings. The van der Waals surface area contributed by atoms with Crippen LogP contribution in [0.4, 0.5) is 5.69 Å². The topological polar surface area (TPSA) is 121 Å². The quantitative estimate of drug-likeness (QED) is 0.267. The maximum atomic E-state index is 12.1. The molecule has 1 amide bonds. The van der Waals surface area contributed by atoms with Gasteiger partial charge in [-0.15, -0.1) is 0 Å². The minimum Gasteiger partial charge on any atom is -0.744 e. The number of non-ortho nitro benzene ring substituents is 1. The molecule has 1 aromatic carbocycles. The number of rotatable bonds is 5. The summed E-state index contributed by atoms with van der Waals surface area (Å²) in [4.78, 5) is 22.3. The Labute approximate surface area is 144 Å². The van der Waals surface area contributed by atoms with Crippen molar-refractivity contribution in [3.8, 4) is 0 Å². The molecule has 0 spiro atoms. The molecule has 1 rings (SSSR count). The molecule has 0 aromatic heterocycles. The summed E-state index contributed by atoms with van der Waals surface area (Å²) in [5.41, 5.74) is -0.912. The van der Waals surface area contributed by atoms with Crippen LogP contribution in [0.15, 0.2) is 23.1 Å². The van der Waals surface area contributed by atoms with E-state index in [-0.39, 0.29) is 35.1 Å². The van der Waals surface area contributed by atoms with E-state index in [0.29, 0.717) is 19.2 Å². The predicted octanol–water partition coefficient (Wildman–Crippen LogP) is -2.02. The fourth-order valence-electron chi connectivity index (χ4n) is 1.69. The Balaban J connectivity index is 0.00000400. The van der Waals surface area contributed by atoms with Crippen molar-refractivity contribution in [2.75, 3.05) is 13.1 Å². The van der Waals surface area contributed by atoms with E-state index >= 15 is 0 Å². The van der Waals surface area contributed by atoms with Gasteiger partial charge in [-0.2, -0.15) is 0 Å². The van der Waals surface area contributed by atoms with Gasteiger partial charge in [0.05, 0.1) is 15.4 Å². The molecule has 0 saturated carbocycles. The summed E-state index contributed by atoms with van der Waals surface area (Å²) in [7, 11) is -4.99. The van der Waals surface area contributed by atoms with Crippen molar-refractivity contribution in [1.82, 2.24) is 4.90 Å². The predicted molar refractivity (Wildman–Crippen MR) is 68.3 cm³/mol. The van der Waals surface area contributed by atoms with E-state index in [2.05, 4.69) is 0 Å². The Morgan fingerprint density at radius 3 is 2.19 bits per heavy atom. The smallest absolute Gasteiger partial charge is 0.744 e. The average molecular weight is 324 g/mol. The molecule has 110 valence electrons. The summed E-state index contributed by atoms with van der Waals surface area (Å²) < 4.78 is 33.5. The van der Waals surface area contributed by atoms with Gasteiger partial charge in [0, 0.05) is 25.2 Å². The minimum absolute atomic E-state index is 0. The SMILES string of the molecule is CCN(CC)C(=O)c1ccc([N+](=O)[O-])cc1S(=O)(=O)[O-].[Na+]. The number of hydrogen-bond acceptors (Lipinski definition) is 6. The fourth-order valence-corrected chi connectivity index (χ4v) is 2.38. The van der Waals surface area contributed by atoms with Crippen LogP contribution < -0.4 is 29.6 Å². The van der Waals surface area contributed by atoms with Crippen LogP contribution in [0.1, 0.15) is 24.2 Å². The first-order valence-electron chi connectivity index (χ1n) is 5.76. The first kappa shape index (κ1) is 20.0. The number of nitro groups is 1. The average Bonchev–Trinajstić information content (AvgIpc) is 2.38. The number of amides is 1. The second-order valence-electron chi connectivity index (χ2n) is 3.87. The van der Waals surface area contributed by atoms with Gasteiger partial charge in [-0.25, -0.2) is 8.42 Å². The van der Waals surface area contributed by atoms with E-state index in [0.717, 1.165) is 12.1 Å². The Bertz CT molecular complexity index is 642. The molecule has 0 saturated heterocycles. The second kappa shape index (κ2) is 7.85. The number of carbonyl (C=O) groups is 1. The van der Waals surface area contributed by atoms with E-state index < -0.39 is 31.5 Å². The molecule has 0 N–H and O–H groups in total. The molecule has 0 aliphatic carbocycles. The van der Waals surface area contributed by atoms with E-state index in [4.69, 9.17) is 0 Å². The molecule has 0 aliphatic rings. The van der Waals surface area contributed by atoms with Crippen LogP contribution in [-0.4, -0.2) is 41.8 Å². The molecule has 0 bridgehead atoms. The summed E-state index contributed by atoms with van der Waals surface area (Å²) in [6.45, 7) is 4.03. The molecule has 8 nitrogen and oxygen atoms in total. The van der Waals surface area contributed by atoms with E-state index in [1.807, 2.05) is 0 Å². The molecule has 0 atom stereocenters. The first-order chi connectivity index (χ1) is 9.22. The summed E-state index contributed by atoms with van der Waals surface area (Å²) >= 11 is 0. The molecule has 21 heavy (non-hydrogen) atoms. The summed E-state index contributed by atoms with van der Waals surface area (Å²) in [6, 6.07) is 2.59. The van der Waals surface area contributed by atoms with Crippen molar-refractivity contribution < 1.29 is 52.2 Å². The Morgan fingerprint density at radius 1 is 1.29 bits per heavy atom. The van der Waals surface area contributed by atoms with Gasteiger partial charge in [0.1, 0.15) is 10.1 Å². The van der Waals surface area contributed by atoms with Crippen molar-refractivity contribution >= 4 is 21.7 Å². The maximum absolute atomic E-state index is 12.1. The van der Waals surface area contributed by atoms with Crippen LogP contribution in [0, 0.1) is 10.1 Å². The van der Waals surface area contributed by atoms with Crippen molar-refractivity contribution in [3.63, 3.8) is 0 Å². The van der Waals surface area contributed by atoms with E-state index in [1.54, 1.807) is 13.8 Å². The first-order valence-corrected chi connectivity index (χ1v) is 7.16. The van der Waals surface area contributed by atoms with Crippen molar-refractivity contribution in [1.29, 1.82) is 0 Å². The van der Waals surface area contributed by atoms with Gasteiger partial charge in [-0.05, 0) is 19.9 Å². The number of nitrogens with zero attached hydrogens (tertiary/aromatic N) is 2. The fraction of sp³-hybridized carbons (Fsp3) is 0.364. The molecular formula is C11H13N2NaO6S. The molecule has 10 heteroatoms. The van der Waals surface area contributed by atoms with Crippen molar-refractivity contribution in [2.24, 2.45) is 0 Å². The maximum Gasteiger partial charge on any atom is 1.00 e. The molecule has 0 fully saturated rings. The zero-order valence-corrected chi connectivity index (χ0v) is 14.7. The van der Waals surface area contributed by atoms with Gasteiger partial charge in [0.25, 0.3) is 11.6 Å². The third-order valence-corrected chi connectivity index (χ3v) is 3.60. The molecule has 0 heterocycles.